The highest BCUT2D eigenvalue weighted by Crippen LogP contribution is 2.10. The van der Waals surface area contributed by atoms with Crippen LogP contribution in [0.15, 0.2) is 22.8 Å². The van der Waals surface area contributed by atoms with E-state index in [2.05, 4.69) is 45.1 Å². The molecule has 0 saturated heterocycles. The minimum atomic E-state index is 0.193. The molecule has 0 saturated carbocycles. The van der Waals surface area contributed by atoms with Gasteiger partial charge >= 0.3 is 0 Å². The molecule has 1 heterocycles. The third kappa shape index (κ3) is 4.92. The normalized spacial score (nSPS) is 14.2. The van der Waals surface area contributed by atoms with Crippen molar-refractivity contribution >= 4 is 0 Å². The van der Waals surface area contributed by atoms with Crippen LogP contribution in [0.25, 0.3) is 0 Å². The van der Waals surface area contributed by atoms with Gasteiger partial charge in [0.25, 0.3) is 0 Å². The van der Waals surface area contributed by atoms with Crippen molar-refractivity contribution in [3.63, 3.8) is 0 Å². The zero-order valence-corrected chi connectivity index (χ0v) is 11.8. The van der Waals surface area contributed by atoms with Crippen LogP contribution in [0.3, 0.4) is 0 Å². The highest BCUT2D eigenvalue weighted by molar-refractivity contribution is 4.98. The summed E-state index contributed by atoms with van der Waals surface area (Å²) in [4.78, 5) is 2.25. The number of aryl methyl sites for hydroxylation is 1. The molecule has 0 aliphatic heterocycles. The van der Waals surface area contributed by atoms with E-state index in [4.69, 9.17) is 4.42 Å². The van der Waals surface area contributed by atoms with Crippen molar-refractivity contribution in [2.75, 3.05) is 20.6 Å². The Morgan fingerprint density at radius 2 is 2.12 bits per heavy atom. The summed E-state index contributed by atoms with van der Waals surface area (Å²) in [5.74, 6) is 1.07. The minimum absolute atomic E-state index is 0.193. The van der Waals surface area contributed by atoms with Gasteiger partial charge in [-0.15, -0.1) is 0 Å². The average Bonchev–Trinajstić information content (AvgIpc) is 2.76. The lowest BCUT2D eigenvalue weighted by atomic mass is 10.0. The highest BCUT2D eigenvalue weighted by atomic mass is 16.3. The number of likely N-dealkylation sites (N-methyl/N-ethyl adjacent to an activating group) is 1. The summed E-state index contributed by atoms with van der Waals surface area (Å²) in [7, 11) is 4.24. The first-order valence-electron chi connectivity index (χ1n) is 6.35. The van der Waals surface area contributed by atoms with Crippen LogP contribution in [0.5, 0.6) is 0 Å². The van der Waals surface area contributed by atoms with Gasteiger partial charge in [-0.25, -0.2) is 0 Å². The van der Waals surface area contributed by atoms with Crippen molar-refractivity contribution in [2.45, 2.75) is 45.2 Å². The Hall–Kier alpha value is -0.800. The second-order valence-electron chi connectivity index (χ2n) is 5.61. The van der Waals surface area contributed by atoms with Crippen LogP contribution in [0.1, 0.15) is 33.0 Å². The van der Waals surface area contributed by atoms with Crippen LogP contribution in [-0.2, 0) is 6.42 Å². The molecular formula is C14H26N2O. The van der Waals surface area contributed by atoms with Crippen LogP contribution in [0, 0.1) is 0 Å². The Kier molecular flexibility index (Phi) is 5.22. The number of hydrogen-bond donors (Lipinski definition) is 1. The summed E-state index contributed by atoms with van der Waals surface area (Å²) >= 11 is 0. The first-order chi connectivity index (χ1) is 7.92. The van der Waals surface area contributed by atoms with Gasteiger partial charge in [0.05, 0.1) is 6.26 Å². The van der Waals surface area contributed by atoms with Crippen molar-refractivity contribution in [2.24, 2.45) is 0 Å². The molecule has 3 heteroatoms. The predicted octanol–water partition coefficient (Wildman–Crippen LogP) is 2.53. The van der Waals surface area contributed by atoms with Crippen LogP contribution < -0.4 is 5.32 Å². The molecule has 1 N–H and O–H groups in total. The maximum atomic E-state index is 5.33. The van der Waals surface area contributed by atoms with E-state index in [-0.39, 0.29) is 5.54 Å². The molecule has 0 bridgehead atoms. The maximum Gasteiger partial charge on any atom is 0.103 e. The third-order valence-corrected chi connectivity index (χ3v) is 3.50. The number of hydrogen-bond acceptors (Lipinski definition) is 3. The molecule has 3 nitrogen and oxygen atoms in total. The Balaban J connectivity index is 2.23. The Morgan fingerprint density at radius 1 is 1.41 bits per heavy atom. The zero-order valence-electron chi connectivity index (χ0n) is 11.8. The predicted molar refractivity (Wildman–Crippen MR) is 72.3 cm³/mol. The molecule has 0 amide bonds. The third-order valence-electron chi connectivity index (χ3n) is 3.50. The molecule has 0 aliphatic rings. The van der Waals surface area contributed by atoms with E-state index in [0.717, 1.165) is 25.1 Å². The van der Waals surface area contributed by atoms with E-state index in [1.165, 1.54) is 0 Å². The van der Waals surface area contributed by atoms with Crippen LogP contribution in [0.4, 0.5) is 0 Å². The molecule has 0 spiro atoms. The molecule has 1 atom stereocenters. The lowest BCUT2D eigenvalue weighted by molar-refractivity contribution is 0.184. The molecule has 0 aromatic carbocycles. The van der Waals surface area contributed by atoms with Gasteiger partial charge in [-0.3, -0.25) is 0 Å². The summed E-state index contributed by atoms with van der Waals surface area (Å²) in [6.45, 7) is 7.73. The second kappa shape index (κ2) is 6.22. The van der Waals surface area contributed by atoms with Gasteiger partial charge in [0.1, 0.15) is 5.76 Å². The van der Waals surface area contributed by atoms with E-state index in [1.807, 2.05) is 12.1 Å². The largest absolute Gasteiger partial charge is 0.469 e. The van der Waals surface area contributed by atoms with E-state index < -0.39 is 0 Å². The summed E-state index contributed by atoms with van der Waals surface area (Å²) in [5, 5.41) is 3.58. The molecular weight excluding hydrogens is 212 g/mol. The smallest absolute Gasteiger partial charge is 0.103 e. The van der Waals surface area contributed by atoms with E-state index in [9.17, 15) is 0 Å². The summed E-state index contributed by atoms with van der Waals surface area (Å²) in [5.41, 5.74) is 0.193. The second-order valence-corrected chi connectivity index (χ2v) is 5.61. The van der Waals surface area contributed by atoms with E-state index in [0.29, 0.717) is 6.04 Å². The molecule has 17 heavy (non-hydrogen) atoms. The number of nitrogens with zero attached hydrogens (tertiary/aromatic N) is 1. The van der Waals surface area contributed by atoms with Crippen LogP contribution >= 0.6 is 0 Å². The molecule has 1 rings (SSSR count). The molecule has 0 aliphatic carbocycles. The lowest BCUT2D eigenvalue weighted by Crippen LogP contribution is -2.48. The fourth-order valence-corrected chi connectivity index (χ4v) is 1.50. The van der Waals surface area contributed by atoms with Crippen molar-refractivity contribution in [3.8, 4) is 0 Å². The van der Waals surface area contributed by atoms with Crippen molar-refractivity contribution < 1.29 is 4.42 Å². The SMILES string of the molecule is CC(CCc1ccco1)NCC(C)(C)N(C)C. The van der Waals surface area contributed by atoms with Gasteiger partial charge in [0.15, 0.2) is 0 Å². The topological polar surface area (TPSA) is 28.4 Å². The first-order valence-corrected chi connectivity index (χ1v) is 6.35. The zero-order chi connectivity index (χ0) is 12.9. The molecule has 1 aromatic heterocycles. The van der Waals surface area contributed by atoms with Gasteiger partial charge in [0, 0.05) is 24.5 Å². The van der Waals surface area contributed by atoms with E-state index >= 15 is 0 Å². The standard InChI is InChI=1S/C14H26N2O/c1-12(8-9-13-7-6-10-17-13)15-11-14(2,3)16(4)5/h6-7,10,12,15H,8-9,11H2,1-5H3. The highest BCUT2D eigenvalue weighted by Gasteiger charge is 2.20. The monoisotopic (exact) mass is 238 g/mol. The Morgan fingerprint density at radius 3 is 2.65 bits per heavy atom. The van der Waals surface area contributed by atoms with Crippen LogP contribution in [0.2, 0.25) is 0 Å². The van der Waals surface area contributed by atoms with E-state index in [1.54, 1.807) is 6.26 Å². The fraction of sp³-hybridized carbons (Fsp3) is 0.714. The van der Waals surface area contributed by atoms with Crippen molar-refractivity contribution in [3.05, 3.63) is 24.2 Å². The van der Waals surface area contributed by atoms with Gasteiger partial charge in [-0.05, 0) is 53.4 Å². The molecule has 1 unspecified atom stereocenters. The average molecular weight is 238 g/mol. The lowest BCUT2D eigenvalue weighted by Gasteiger charge is -2.34. The molecule has 98 valence electrons. The number of rotatable bonds is 7. The van der Waals surface area contributed by atoms with Crippen molar-refractivity contribution in [1.82, 2.24) is 10.2 Å². The number of furan rings is 1. The Labute approximate surface area is 105 Å². The van der Waals surface area contributed by atoms with Crippen molar-refractivity contribution in [1.29, 1.82) is 0 Å². The number of nitrogens with one attached hydrogen (secondary N) is 1. The Bertz CT molecular complexity index is 304. The van der Waals surface area contributed by atoms with Crippen LogP contribution in [-0.4, -0.2) is 37.1 Å². The van der Waals surface area contributed by atoms with Gasteiger partial charge < -0.3 is 14.6 Å². The molecule has 0 radical (unpaired) electrons. The quantitative estimate of drug-likeness (QED) is 0.791. The molecule has 0 fully saturated rings. The first kappa shape index (κ1) is 14.3. The van der Waals surface area contributed by atoms with Gasteiger partial charge in [-0.2, -0.15) is 0 Å². The fourth-order valence-electron chi connectivity index (χ4n) is 1.50. The van der Waals surface area contributed by atoms with Gasteiger partial charge in [-0.1, -0.05) is 0 Å². The summed E-state index contributed by atoms with van der Waals surface area (Å²) < 4.78 is 5.33. The minimum Gasteiger partial charge on any atom is -0.469 e. The maximum absolute atomic E-state index is 5.33. The summed E-state index contributed by atoms with van der Waals surface area (Å²) in [6.07, 6.45) is 3.85. The summed E-state index contributed by atoms with van der Waals surface area (Å²) in [6, 6.07) is 4.50. The van der Waals surface area contributed by atoms with Gasteiger partial charge in [0.2, 0.25) is 0 Å². The molecule has 1 aromatic rings.